The van der Waals surface area contributed by atoms with Gasteiger partial charge in [-0.1, -0.05) is 48.9 Å². The maximum absolute atomic E-state index is 13.3. The van der Waals surface area contributed by atoms with Gasteiger partial charge in [-0.05, 0) is 47.4 Å². The number of halogens is 1. The molecule has 1 saturated heterocycles. The Morgan fingerprint density at radius 3 is 2.55 bits per heavy atom. The number of benzene rings is 3. The first-order valence-corrected chi connectivity index (χ1v) is 11.8. The van der Waals surface area contributed by atoms with Crippen LogP contribution in [-0.2, 0) is 22.6 Å². The van der Waals surface area contributed by atoms with Gasteiger partial charge in [0.15, 0.2) is 11.5 Å². The molecule has 1 aliphatic rings. The fourth-order valence-corrected chi connectivity index (χ4v) is 4.22. The lowest BCUT2D eigenvalue weighted by Crippen LogP contribution is -2.54. The van der Waals surface area contributed by atoms with Gasteiger partial charge in [0.2, 0.25) is 0 Å². The summed E-state index contributed by atoms with van der Waals surface area (Å²) >= 11 is 6.45. The van der Waals surface area contributed by atoms with Crippen LogP contribution in [0.1, 0.15) is 23.6 Å². The molecule has 0 atom stereocenters. The number of urea groups is 1. The average Bonchev–Trinajstić information content (AvgIpc) is 2.90. The minimum Gasteiger partial charge on any atom is -0.493 e. The van der Waals surface area contributed by atoms with Crippen molar-refractivity contribution in [3.63, 3.8) is 0 Å². The second kappa shape index (κ2) is 11.1. The molecule has 10 nitrogen and oxygen atoms in total. The van der Waals surface area contributed by atoms with E-state index in [0.29, 0.717) is 23.2 Å². The van der Waals surface area contributed by atoms with Crippen LogP contribution in [0, 0.1) is 10.1 Å². The number of non-ortho nitro benzene ring substituents is 1. The van der Waals surface area contributed by atoms with Crippen molar-refractivity contribution >= 4 is 46.9 Å². The lowest BCUT2D eigenvalue weighted by Gasteiger charge is -2.28. The molecule has 0 aliphatic carbocycles. The first-order chi connectivity index (χ1) is 18.2. The number of aryl methyl sites for hydroxylation is 1. The highest BCUT2D eigenvalue weighted by Gasteiger charge is 2.37. The number of hydrogen-bond acceptors (Lipinski definition) is 7. The minimum absolute atomic E-state index is 0.0208. The molecule has 1 heterocycles. The van der Waals surface area contributed by atoms with Crippen molar-refractivity contribution in [3.05, 3.63) is 98.1 Å². The predicted octanol–water partition coefficient (Wildman–Crippen LogP) is 5.06. The van der Waals surface area contributed by atoms with Crippen molar-refractivity contribution in [2.24, 2.45) is 0 Å². The molecule has 4 amide bonds. The minimum atomic E-state index is -0.841. The van der Waals surface area contributed by atoms with Crippen LogP contribution in [0.3, 0.4) is 0 Å². The zero-order valence-electron chi connectivity index (χ0n) is 20.4. The van der Waals surface area contributed by atoms with E-state index in [9.17, 15) is 24.5 Å². The van der Waals surface area contributed by atoms with E-state index in [1.807, 2.05) is 6.92 Å². The Hall–Kier alpha value is -4.70. The number of nitrogens with zero attached hydrogens (tertiary/aromatic N) is 2. The van der Waals surface area contributed by atoms with Crippen molar-refractivity contribution < 1.29 is 28.8 Å². The summed E-state index contributed by atoms with van der Waals surface area (Å²) < 4.78 is 11.2. The summed E-state index contributed by atoms with van der Waals surface area (Å²) in [7, 11) is 1.39. The quantitative estimate of drug-likeness (QED) is 0.185. The van der Waals surface area contributed by atoms with Crippen LogP contribution in [0.5, 0.6) is 11.5 Å². The number of carbonyl (C=O) groups is 3. The van der Waals surface area contributed by atoms with Crippen LogP contribution in [-0.4, -0.2) is 29.9 Å². The molecule has 3 aromatic rings. The smallest absolute Gasteiger partial charge is 0.335 e. The van der Waals surface area contributed by atoms with Gasteiger partial charge in [0.05, 0.1) is 22.7 Å². The summed E-state index contributed by atoms with van der Waals surface area (Å²) in [6, 6.07) is 15.1. The number of methoxy groups -OCH3 is 1. The zero-order chi connectivity index (χ0) is 27.4. The molecule has 38 heavy (non-hydrogen) atoms. The highest BCUT2D eigenvalue weighted by Crippen LogP contribution is 2.38. The molecule has 0 aromatic heterocycles. The Balaban J connectivity index is 1.64. The predicted molar refractivity (Wildman–Crippen MR) is 140 cm³/mol. The number of hydrogen-bond donors (Lipinski definition) is 1. The lowest BCUT2D eigenvalue weighted by atomic mass is 10.0. The van der Waals surface area contributed by atoms with E-state index >= 15 is 0 Å². The summed E-state index contributed by atoms with van der Waals surface area (Å²) in [5.74, 6) is -1.23. The van der Waals surface area contributed by atoms with Gasteiger partial charge in [0.25, 0.3) is 17.5 Å². The third-order valence-electron chi connectivity index (χ3n) is 5.78. The van der Waals surface area contributed by atoms with E-state index in [4.69, 9.17) is 21.1 Å². The number of para-hydroxylation sites is 1. The molecule has 0 bridgehead atoms. The normalized spacial score (nSPS) is 14.4. The number of amides is 4. The number of carbonyl (C=O) groups excluding carboxylic acids is 3. The van der Waals surface area contributed by atoms with Gasteiger partial charge in [-0.3, -0.25) is 25.0 Å². The number of nitrogens with one attached hydrogen (secondary N) is 1. The molecule has 194 valence electrons. The van der Waals surface area contributed by atoms with E-state index in [1.165, 1.54) is 37.5 Å². The Morgan fingerprint density at radius 1 is 1.08 bits per heavy atom. The molecule has 0 spiro atoms. The highest BCUT2D eigenvalue weighted by molar-refractivity contribution is 6.39. The van der Waals surface area contributed by atoms with E-state index in [0.717, 1.165) is 10.5 Å². The van der Waals surface area contributed by atoms with Crippen LogP contribution >= 0.6 is 11.6 Å². The largest absolute Gasteiger partial charge is 0.493 e. The van der Waals surface area contributed by atoms with Gasteiger partial charge >= 0.3 is 6.03 Å². The van der Waals surface area contributed by atoms with Crippen LogP contribution in [0.2, 0.25) is 5.02 Å². The van der Waals surface area contributed by atoms with Crippen LogP contribution in [0.15, 0.2) is 66.2 Å². The first kappa shape index (κ1) is 26.4. The lowest BCUT2D eigenvalue weighted by molar-refractivity contribution is -0.384. The molecule has 0 saturated carbocycles. The third-order valence-corrected chi connectivity index (χ3v) is 6.06. The van der Waals surface area contributed by atoms with E-state index in [-0.39, 0.29) is 34.4 Å². The highest BCUT2D eigenvalue weighted by atomic mass is 35.5. The van der Waals surface area contributed by atoms with Crippen molar-refractivity contribution in [2.45, 2.75) is 20.0 Å². The molecule has 1 fully saturated rings. The summed E-state index contributed by atoms with van der Waals surface area (Å²) in [4.78, 5) is 49.9. The van der Waals surface area contributed by atoms with Gasteiger partial charge in [0, 0.05) is 12.1 Å². The van der Waals surface area contributed by atoms with Gasteiger partial charge in [-0.15, -0.1) is 0 Å². The fraction of sp³-hybridized carbons (Fsp3) is 0.148. The number of nitro groups is 1. The van der Waals surface area contributed by atoms with Crippen molar-refractivity contribution in [1.82, 2.24) is 5.32 Å². The molecule has 3 aromatic carbocycles. The molecule has 11 heteroatoms. The van der Waals surface area contributed by atoms with Gasteiger partial charge in [-0.2, -0.15) is 0 Å². The van der Waals surface area contributed by atoms with Crippen molar-refractivity contribution in [2.75, 3.05) is 12.0 Å². The molecule has 0 unspecified atom stereocenters. The third kappa shape index (κ3) is 5.35. The number of rotatable bonds is 8. The van der Waals surface area contributed by atoms with Crippen LogP contribution in [0.4, 0.5) is 16.2 Å². The van der Waals surface area contributed by atoms with Crippen LogP contribution < -0.4 is 19.7 Å². The van der Waals surface area contributed by atoms with Crippen molar-refractivity contribution in [1.29, 1.82) is 0 Å². The number of imide groups is 2. The van der Waals surface area contributed by atoms with Gasteiger partial charge < -0.3 is 9.47 Å². The fourth-order valence-electron chi connectivity index (χ4n) is 3.95. The maximum Gasteiger partial charge on any atom is 0.335 e. The Bertz CT molecular complexity index is 1490. The van der Waals surface area contributed by atoms with Crippen LogP contribution in [0.25, 0.3) is 6.08 Å². The maximum atomic E-state index is 13.3. The standard InChI is InChI=1S/C27H22ClN3O7/c1-3-18-8-4-5-10-22(18)30-26(33)20(25(32)29-27(30)34)12-17-13-21(28)24(23(14-17)37-2)38-15-16-7-6-9-19(11-16)31(35)36/h4-14H,3,15H2,1-2H3,(H,29,32,34)/b20-12-. The zero-order valence-corrected chi connectivity index (χ0v) is 21.2. The van der Waals surface area contributed by atoms with E-state index < -0.39 is 22.8 Å². The molecule has 1 N–H and O–H groups in total. The van der Waals surface area contributed by atoms with Gasteiger partial charge in [-0.25, -0.2) is 9.69 Å². The first-order valence-electron chi connectivity index (χ1n) is 11.5. The molecular weight excluding hydrogens is 514 g/mol. The summed E-state index contributed by atoms with van der Waals surface area (Å²) in [5.41, 5.74) is 1.71. The molecule has 4 rings (SSSR count). The summed E-state index contributed by atoms with van der Waals surface area (Å²) in [5, 5.41) is 13.4. The second-order valence-corrected chi connectivity index (χ2v) is 8.60. The topological polar surface area (TPSA) is 128 Å². The van der Waals surface area contributed by atoms with E-state index in [2.05, 4.69) is 5.32 Å². The Labute approximate surface area is 222 Å². The Morgan fingerprint density at radius 2 is 1.84 bits per heavy atom. The van der Waals surface area contributed by atoms with E-state index in [1.54, 1.807) is 36.4 Å². The number of ether oxygens (including phenoxy) is 2. The average molecular weight is 536 g/mol. The molecule has 0 radical (unpaired) electrons. The molecule has 1 aliphatic heterocycles. The number of anilines is 1. The summed E-state index contributed by atoms with van der Waals surface area (Å²) in [6.45, 7) is 1.87. The van der Waals surface area contributed by atoms with Gasteiger partial charge in [0.1, 0.15) is 12.2 Å². The SMILES string of the molecule is CCc1ccccc1N1C(=O)NC(=O)/C(=C/c2cc(Cl)c(OCc3cccc([N+](=O)[O-])c3)c(OC)c2)C1=O. The second-order valence-electron chi connectivity index (χ2n) is 8.19. The van der Waals surface area contributed by atoms with Crippen molar-refractivity contribution in [3.8, 4) is 11.5 Å². The number of barbiturate groups is 1. The summed E-state index contributed by atoms with van der Waals surface area (Å²) in [6.07, 6.45) is 1.88. The monoisotopic (exact) mass is 535 g/mol. The molecular formula is C27H22ClN3O7. The Kier molecular flexibility index (Phi) is 7.73. The number of nitro benzene ring substituents is 1.